The molecule has 2 rings (SSSR count). The van der Waals surface area contributed by atoms with Crippen molar-refractivity contribution >= 4 is 27.6 Å². The number of rotatable bonds is 5. The van der Waals surface area contributed by atoms with Crippen LogP contribution in [0.4, 0.5) is 5.69 Å². The molecule has 1 aromatic heterocycles. The predicted octanol–water partition coefficient (Wildman–Crippen LogP) is 2.91. The van der Waals surface area contributed by atoms with Gasteiger partial charge in [0.05, 0.1) is 18.0 Å². The first-order chi connectivity index (χ1) is 11.0. The average molecular weight is 347 g/mol. The number of nitrogens with one attached hydrogen (secondary N) is 1. The van der Waals surface area contributed by atoms with Crippen LogP contribution >= 0.6 is 0 Å². The van der Waals surface area contributed by atoms with Crippen molar-refractivity contribution in [1.29, 1.82) is 0 Å². The first-order valence-corrected chi connectivity index (χ1v) is 9.29. The van der Waals surface area contributed by atoms with Gasteiger partial charge in [-0.1, -0.05) is 0 Å². The molecule has 0 bridgehead atoms. The Labute approximate surface area is 142 Å². The first kappa shape index (κ1) is 17.9. The van der Waals surface area contributed by atoms with Crippen molar-refractivity contribution in [3.8, 4) is 0 Å². The molecule has 0 saturated carbocycles. The van der Waals surface area contributed by atoms with E-state index in [0.29, 0.717) is 11.3 Å². The van der Waals surface area contributed by atoms with Crippen LogP contribution in [0, 0.1) is 0 Å². The molecule has 2 aromatic rings. The summed E-state index contributed by atoms with van der Waals surface area (Å²) in [6, 6.07) is 6.27. The van der Waals surface area contributed by atoms with Crippen LogP contribution in [0.15, 0.2) is 42.7 Å². The lowest BCUT2D eigenvalue weighted by Gasteiger charge is -2.18. The van der Waals surface area contributed by atoms with Gasteiger partial charge in [0, 0.05) is 23.0 Å². The van der Waals surface area contributed by atoms with Crippen LogP contribution in [0.2, 0.25) is 0 Å². The lowest BCUT2D eigenvalue weighted by atomic mass is 10.1. The van der Waals surface area contributed by atoms with E-state index in [0.717, 1.165) is 11.8 Å². The zero-order chi connectivity index (χ0) is 18.0. The quantitative estimate of drug-likeness (QED) is 0.666. The minimum Gasteiger partial charge on any atom is -0.289 e. The third kappa shape index (κ3) is 5.06. The molecule has 0 aliphatic heterocycles. The maximum Gasteiger partial charge on any atom is 0.229 e. The molecule has 0 radical (unpaired) electrons. The fourth-order valence-corrected chi connectivity index (χ4v) is 2.54. The number of aromatic nitrogens is 2. The Morgan fingerprint density at radius 3 is 2.33 bits per heavy atom. The summed E-state index contributed by atoms with van der Waals surface area (Å²) in [6.45, 7) is 6.14. The maximum absolute atomic E-state index is 12.2. The van der Waals surface area contributed by atoms with Gasteiger partial charge in [-0.25, -0.2) is 8.42 Å². The maximum atomic E-state index is 12.2. The largest absolute Gasteiger partial charge is 0.289 e. The molecule has 1 heterocycles. The highest BCUT2D eigenvalue weighted by Crippen LogP contribution is 2.15. The summed E-state index contributed by atoms with van der Waals surface area (Å²) in [5.41, 5.74) is 1.63. The van der Waals surface area contributed by atoms with Gasteiger partial charge in [0.1, 0.15) is 0 Å². The van der Waals surface area contributed by atoms with E-state index in [1.165, 1.54) is 6.08 Å². The Hall–Kier alpha value is -2.41. The standard InChI is InChI=1S/C17H21N3O3S/c1-17(2,3)20-12-13(11-18-20)5-10-16(21)14-6-8-15(9-7-14)19-24(4,22)23/h5-12,19H,1-4H3. The molecule has 0 amide bonds. The number of carbonyl (C=O) groups is 1. The fourth-order valence-electron chi connectivity index (χ4n) is 1.97. The van der Waals surface area contributed by atoms with Gasteiger partial charge in [-0.05, 0) is 57.2 Å². The molecule has 0 fully saturated rings. The molecule has 0 atom stereocenters. The van der Waals surface area contributed by atoms with Crippen molar-refractivity contribution in [3.63, 3.8) is 0 Å². The Morgan fingerprint density at radius 2 is 1.83 bits per heavy atom. The molecule has 24 heavy (non-hydrogen) atoms. The lowest BCUT2D eigenvalue weighted by Crippen LogP contribution is -2.21. The van der Waals surface area contributed by atoms with Crippen LogP contribution in [-0.2, 0) is 15.6 Å². The molecule has 1 N–H and O–H groups in total. The van der Waals surface area contributed by atoms with Crippen LogP contribution in [0.25, 0.3) is 6.08 Å². The smallest absolute Gasteiger partial charge is 0.229 e. The van der Waals surface area contributed by atoms with E-state index in [-0.39, 0.29) is 11.3 Å². The van der Waals surface area contributed by atoms with Gasteiger partial charge in [-0.15, -0.1) is 0 Å². The highest BCUT2D eigenvalue weighted by atomic mass is 32.2. The molecule has 0 spiro atoms. The van der Waals surface area contributed by atoms with E-state index < -0.39 is 10.0 Å². The van der Waals surface area contributed by atoms with E-state index in [1.807, 2.05) is 31.6 Å². The third-order valence-electron chi connectivity index (χ3n) is 3.19. The summed E-state index contributed by atoms with van der Waals surface area (Å²) in [6.07, 6.45) is 7.84. The minimum atomic E-state index is -3.32. The molecule has 0 aliphatic rings. The number of ketones is 1. The van der Waals surface area contributed by atoms with E-state index in [1.54, 1.807) is 36.5 Å². The van der Waals surface area contributed by atoms with Gasteiger partial charge in [-0.3, -0.25) is 14.2 Å². The average Bonchev–Trinajstić information content (AvgIpc) is 2.93. The van der Waals surface area contributed by atoms with Gasteiger partial charge < -0.3 is 0 Å². The molecule has 128 valence electrons. The highest BCUT2D eigenvalue weighted by molar-refractivity contribution is 7.92. The molecule has 6 nitrogen and oxygen atoms in total. The summed E-state index contributed by atoms with van der Waals surface area (Å²) in [7, 11) is -3.32. The number of hydrogen-bond acceptors (Lipinski definition) is 4. The Bertz CT molecular complexity index is 857. The minimum absolute atomic E-state index is 0.113. The topological polar surface area (TPSA) is 81.1 Å². The predicted molar refractivity (Wildman–Crippen MR) is 95.5 cm³/mol. The fraction of sp³-hybridized carbons (Fsp3) is 0.294. The lowest BCUT2D eigenvalue weighted by molar-refractivity contribution is 0.104. The zero-order valence-corrected chi connectivity index (χ0v) is 15.0. The summed E-state index contributed by atoms with van der Waals surface area (Å²) >= 11 is 0. The van der Waals surface area contributed by atoms with Crippen LogP contribution < -0.4 is 4.72 Å². The SMILES string of the molecule is CC(C)(C)n1cc(C=CC(=O)c2ccc(NS(C)(=O)=O)cc2)cn1. The number of sulfonamides is 1. The Balaban J connectivity index is 2.08. The number of hydrogen-bond donors (Lipinski definition) is 1. The number of allylic oxidation sites excluding steroid dienone is 1. The second-order valence-electron chi connectivity index (χ2n) is 6.54. The van der Waals surface area contributed by atoms with E-state index in [2.05, 4.69) is 9.82 Å². The highest BCUT2D eigenvalue weighted by Gasteiger charge is 2.13. The molecule has 7 heteroatoms. The van der Waals surface area contributed by atoms with Crippen LogP contribution in [-0.4, -0.2) is 30.2 Å². The van der Waals surface area contributed by atoms with Crippen molar-refractivity contribution in [3.05, 3.63) is 53.9 Å². The van der Waals surface area contributed by atoms with Crippen molar-refractivity contribution in [1.82, 2.24) is 9.78 Å². The number of carbonyl (C=O) groups excluding carboxylic acids is 1. The normalized spacial score (nSPS) is 12.5. The van der Waals surface area contributed by atoms with Crippen molar-refractivity contribution < 1.29 is 13.2 Å². The molecule has 0 saturated heterocycles. The summed E-state index contributed by atoms with van der Waals surface area (Å²) < 4.78 is 26.5. The van der Waals surface area contributed by atoms with E-state index in [4.69, 9.17) is 0 Å². The van der Waals surface area contributed by atoms with E-state index >= 15 is 0 Å². The summed E-state index contributed by atoms with van der Waals surface area (Å²) in [5.74, 6) is -0.163. The van der Waals surface area contributed by atoms with Crippen LogP contribution in [0.5, 0.6) is 0 Å². The molecular weight excluding hydrogens is 326 g/mol. The molecule has 0 unspecified atom stereocenters. The van der Waals surface area contributed by atoms with Crippen LogP contribution in [0.3, 0.4) is 0 Å². The van der Waals surface area contributed by atoms with Crippen molar-refractivity contribution in [2.24, 2.45) is 0 Å². The molecule has 1 aromatic carbocycles. The Kier molecular flexibility index (Phi) is 4.94. The second-order valence-corrected chi connectivity index (χ2v) is 8.29. The van der Waals surface area contributed by atoms with Gasteiger partial charge in [-0.2, -0.15) is 5.10 Å². The number of benzene rings is 1. The summed E-state index contributed by atoms with van der Waals surface area (Å²) in [5, 5.41) is 4.27. The Morgan fingerprint density at radius 1 is 1.21 bits per heavy atom. The monoisotopic (exact) mass is 347 g/mol. The van der Waals surface area contributed by atoms with Crippen LogP contribution in [0.1, 0.15) is 36.7 Å². The second kappa shape index (κ2) is 6.60. The van der Waals surface area contributed by atoms with Crippen molar-refractivity contribution in [2.45, 2.75) is 26.3 Å². The van der Waals surface area contributed by atoms with Crippen molar-refractivity contribution in [2.75, 3.05) is 11.0 Å². The van der Waals surface area contributed by atoms with Gasteiger partial charge in [0.2, 0.25) is 10.0 Å². The summed E-state index contributed by atoms with van der Waals surface area (Å²) in [4.78, 5) is 12.2. The zero-order valence-electron chi connectivity index (χ0n) is 14.1. The number of nitrogens with zero attached hydrogens (tertiary/aromatic N) is 2. The molecule has 0 aliphatic carbocycles. The van der Waals surface area contributed by atoms with Gasteiger partial charge in [0.25, 0.3) is 0 Å². The first-order valence-electron chi connectivity index (χ1n) is 7.40. The third-order valence-corrected chi connectivity index (χ3v) is 3.80. The molecular formula is C17H21N3O3S. The number of anilines is 1. The van der Waals surface area contributed by atoms with Gasteiger partial charge >= 0.3 is 0 Å². The van der Waals surface area contributed by atoms with E-state index in [9.17, 15) is 13.2 Å². The van der Waals surface area contributed by atoms with Gasteiger partial charge in [0.15, 0.2) is 5.78 Å².